The highest BCUT2D eigenvalue weighted by Crippen LogP contribution is 2.35. The van der Waals surface area contributed by atoms with Gasteiger partial charge in [0.15, 0.2) is 11.5 Å². The normalized spacial score (nSPS) is 17.6. The number of fused-ring (bicyclic) bond motifs is 1. The Hall–Kier alpha value is -3.75. The smallest absolute Gasteiger partial charge is 0.414 e. The molecule has 1 atom stereocenters. The topological polar surface area (TPSA) is 92.7 Å². The Bertz CT molecular complexity index is 1080. The summed E-state index contributed by atoms with van der Waals surface area (Å²) in [5.41, 5.74) is 4.08. The number of anilines is 1. The third-order valence-corrected chi connectivity index (χ3v) is 5.98. The van der Waals surface area contributed by atoms with Gasteiger partial charge in [-0.05, 0) is 42.7 Å². The lowest BCUT2D eigenvalue weighted by Crippen LogP contribution is -2.42. The van der Waals surface area contributed by atoms with Crippen LogP contribution in [0.2, 0.25) is 0 Å². The number of carbonyl (C=O) groups excluding carboxylic acids is 2. The van der Waals surface area contributed by atoms with Gasteiger partial charge >= 0.3 is 12.1 Å². The van der Waals surface area contributed by atoms with Gasteiger partial charge < -0.3 is 19.5 Å². The van der Waals surface area contributed by atoms with Crippen molar-refractivity contribution in [2.45, 2.75) is 25.8 Å². The SMILES string of the molecule is CCC1Cc2cc(OC)c(OC)cc2C(c2ccc(N3CCOC3=O)cc2)=NN1C(=O)NC. The van der Waals surface area contributed by atoms with Gasteiger partial charge in [0, 0.05) is 23.9 Å². The van der Waals surface area contributed by atoms with Crippen LogP contribution in [-0.4, -0.2) is 63.3 Å². The van der Waals surface area contributed by atoms with Crippen LogP contribution in [0.15, 0.2) is 41.5 Å². The van der Waals surface area contributed by atoms with Crippen LogP contribution in [0.4, 0.5) is 15.3 Å². The van der Waals surface area contributed by atoms with Crippen LogP contribution in [0.1, 0.15) is 30.0 Å². The zero-order chi connectivity index (χ0) is 23.5. The second kappa shape index (κ2) is 9.40. The Morgan fingerprint density at radius 2 is 1.88 bits per heavy atom. The quantitative estimate of drug-likeness (QED) is 0.751. The van der Waals surface area contributed by atoms with Crippen molar-refractivity contribution in [2.75, 3.05) is 39.3 Å². The Morgan fingerprint density at radius 1 is 1.18 bits per heavy atom. The predicted molar refractivity (Wildman–Crippen MR) is 124 cm³/mol. The van der Waals surface area contributed by atoms with Gasteiger partial charge in [0.2, 0.25) is 0 Å². The maximum Gasteiger partial charge on any atom is 0.414 e. The lowest BCUT2D eigenvalue weighted by molar-refractivity contribution is 0.177. The molecule has 3 amide bonds. The van der Waals surface area contributed by atoms with Crippen molar-refractivity contribution < 1.29 is 23.8 Å². The van der Waals surface area contributed by atoms with Gasteiger partial charge in [0.1, 0.15) is 6.61 Å². The second-order valence-electron chi connectivity index (χ2n) is 7.79. The molecule has 0 spiro atoms. The fourth-order valence-electron chi connectivity index (χ4n) is 4.18. The summed E-state index contributed by atoms with van der Waals surface area (Å²) in [6, 6.07) is 11.0. The minimum Gasteiger partial charge on any atom is -0.493 e. The van der Waals surface area contributed by atoms with E-state index in [4.69, 9.17) is 19.3 Å². The molecule has 9 heteroatoms. The minimum atomic E-state index is -0.353. The van der Waals surface area contributed by atoms with Crippen LogP contribution in [-0.2, 0) is 11.2 Å². The zero-order valence-corrected chi connectivity index (χ0v) is 19.3. The number of cyclic esters (lactones) is 1. The second-order valence-corrected chi connectivity index (χ2v) is 7.79. The molecule has 9 nitrogen and oxygen atoms in total. The molecule has 174 valence electrons. The number of nitrogens with zero attached hydrogens (tertiary/aromatic N) is 3. The Morgan fingerprint density at radius 3 is 2.45 bits per heavy atom. The van der Waals surface area contributed by atoms with E-state index < -0.39 is 0 Å². The van der Waals surface area contributed by atoms with Crippen molar-refractivity contribution in [1.82, 2.24) is 10.3 Å². The molecule has 1 saturated heterocycles. The summed E-state index contributed by atoms with van der Waals surface area (Å²) in [6.07, 6.45) is 0.992. The molecule has 4 rings (SSSR count). The minimum absolute atomic E-state index is 0.127. The van der Waals surface area contributed by atoms with Crippen LogP contribution < -0.4 is 19.7 Å². The molecule has 0 radical (unpaired) electrons. The summed E-state index contributed by atoms with van der Waals surface area (Å²) in [7, 11) is 4.79. The monoisotopic (exact) mass is 452 g/mol. The predicted octanol–water partition coefficient (Wildman–Crippen LogP) is 3.39. The molecule has 0 aliphatic carbocycles. The van der Waals surface area contributed by atoms with Crippen molar-refractivity contribution in [2.24, 2.45) is 5.10 Å². The number of amides is 3. The average Bonchev–Trinajstić information content (AvgIpc) is 3.21. The molecule has 2 aromatic rings. The number of benzene rings is 2. The number of hydrazone groups is 1. The first-order valence-corrected chi connectivity index (χ1v) is 10.9. The number of carbonyl (C=O) groups is 2. The van der Waals surface area contributed by atoms with Crippen molar-refractivity contribution in [1.29, 1.82) is 0 Å². The van der Waals surface area contributed by atoms with E-state index in [0.29, 0.717) is 36.8 Å². The van der Waals surface area contributed by atoms with Gasteiger partial charge in [-0.3, -0.25) is 4.90 Å². The summed E-state index contributed by atoms with van der Waals surface area (Å²) < 4.78 is 16.1. The van der Waals surface area contributed by atoms with Gasteiger partial charge in [0.05, 0.1) is 32.5 Å². The van der Waals surface area contributed by atoms with E-state index in [1.165, 1.54) is 5.01 Å². The molecule has 2 heterocycles. The molecule has 0 saturated carbocycles. The number of methoxy groups -OCH3 is 2. The molecule has 0 aromatic heterocycles. The molecule has 0 bridgehead atoms. The summed E-state index contributed by atoms with van der Waals surface area (Å²) in [5, 5.41) is 9.03. The number of hydrogen-bond acceptors (Lipinski definition) is 6. The van der Waals surface area contributed by atoms with Crippen molar-refractivity contribution in [3.8, 4) is 11.5 Å². The Kier molecular flexibility index (Phi) is 6.39. The fourth-order valence-corrected chi connectivity index (χ4v) is 4.18. The van der Waals surface area contributed by atoms with Gasteiger partial charge in [-0.2, -0.15) is 5.10 Å². The van der Waals surface area contributed by atoms with Gasteiger partial charge in [-0.25, -0.2) is 14.6 Å². The summed E-state index contributed by atoms with van der Waals surface area (Å²) in [6.45, 7) is 2.93. The number of hydrogen-bond donors (Lipinski definition) is 1. The number of rotatable bonds is 5. The summed E-state index contributed by atoms with van der Waals surface area (Å²) >= 11 is 0. The highest BCUT2D eigenvalue weighted by atomic mass is 16.6. The van der Waals surface area contributed by atoms with E-state index in [-0.39, 0.29) is 18.2 Å². The third kappa shape index (κ3) is 4.18. The molecular formula is C24H28N4O5. The van der Waals surface area contributed by atoms with Crippen molar-refractivity contribution in [3.05, 3.63) is 53.1 Å². The summed E-state index contributed by atoms with van der Waals surface area (Å²) in [5.74, 6) is 1.21. The van der Waals surface area contributed by atoms with E-state index >= 15 is 0 Å². The van der Waals surface area contributed by atoms with Gasteiger partial charge in [-0.1, -0.05) is 19.1 Å². The lowest BCUT2D eigenvalue weighted by atomic mass is 9.93. The first-order chi connectivity index (χ1) is 16.0. The molecule has 2 aromatic carbocycles. The van der Waals surface area contributed by atoms with E-state index in [1.54, 1.807) is 26.2 Å². The van der Waals surface area contributed by atoms with Crippen molar-refractivity contribution in [3.63, 3.8) is 0 Å². The van der Waals surface area contributed by atoms with Crippen LogP contribution >= 0.6 is 0 Å². The maximum absolute atomic E-state index is 12.7. The zero-order valence-electron chi connectivity index (χ0n) is 19.3. The molecular weight excluding hydrogens is 424 g/mol. The van der Waals surface area contributed by atoms with Gasteiger partial charge in [-0.15, -0.1) is 0 Å². The van der Waals surface area contributed by atoms with E-state index in [9.17, 15) is 9.59 Å². The molecule has 1 fully saturated rings. The van der Waals surface area contributed by atoms with Crippen LogP contribution in [0.3, 0.4) is 0 Å². The van der Waals surface area contributed by atoms with E-state index in [2.05, 4.69) is 5.32 Å². The number of ether oxygens (including phenoxy) is 3. The molecule has 1 N–H and O–H groups in total. The number of urea groups is 1. The van der Waals surface area contributed by atoms with E-state index in [0.717, 1.165) is 28.8 Å². The molecule has 2 aliphatic heterocycles. The van der Waals surface area contributed by atoms with Crippen LogP contribution in [0, 0.1) is 0 Å². The molecule has 33 heavy (non-hydrogen) atoms. The molecule has 1 unspecified atom stereocenters. The standard InChI is InChI=1S/C24H28N4O5/c1-5-17-12-16-13-20(31-3)21(32-4)14-19(16)22(26-28(17)23(29)25-2)15-6-8-18(9-7-15)27-10-11-33-24(27)30/h6-9,13-14,17H,5,10-12H2,1-4H3,(H,25,29). The third-order valence-electron chi connectivity index (χ3n) is 5.98. The maximum atomic E-state index is 12.7. The van der Waals surface area contributed by atoms with E-state index in [1.807, 2.05) is 43.3 Å². The highest BCUT2D eigenvalue weighted by molar-refractivity contribution is 6.14. The largest absolute Gasteiger partial charge is 0.493 e. The average molecular weight is 453 g/mol. The molecule has 2 aliphatic rings. The Labute approximate surface area is 192 Å². The first kappa shape index (κ1) is 22.4. The van der Waals surface area contributed by atoms with Crippen LogP contribution in [0.5, 0.6) is 11.5 Å². The van der Waals surface area contributed by atoms with Crippen LogP contribution in [0.25, 0.3) is 0 Å². The Balaban J connectivity index is 1.85. The summed E-state index contributed by atoms with van der Waals surface area (Å²) in [4.78, 5) is 26.2. The number of nitrogens with one attached hydrogen (secondary N) is 1. The lowest BCUT2D eigenvalue weighted by Gasteiger charge is -2.25. The highest BCUT2D eigenvalue weighted by Gasteiger charge is 2.30. The van der Waals surface area contributed by atoms with Crippen molar-refractivity contribution >= 4 is 23.5 Å². The fraction of sp³-hybridized carbons (Fsp3) is 0.375. The first-order valence-electron chi connectivity index (χ1n) is 10.9. The van der Waals surface area contributed by atoms with Gasteiger partial charge in [0.25, 0.3) is 0 Å².